The molecule has 0 saturated carbocycles. The maximum Gasteiger partial charge on any atom is 0.303 e. The molecule has 23 heavy (non-hydrogen) atoms. The van der Waals surface area contributed by atoms with Crippen LogP contribution in [0, 0.1) is 0 Å². The lowest BCUT2D eigenvalue weighted by molar-refractivity contribution is -0.137. The SMILES string of the molecule is CCCCC/C(O)=C/C/C=C/C/C=C/C=C/CCCCC(=O)O. The van der Waals surface area contributed by atoms with Crippen LogP contribution in [-0.2, 0) is 4.79 Å². The molecule has 0 saturated heterocycles. The Morgan fingerprint density at radius 1 is 0.826 bits per heavy atom. The van der Waals surface area contributed by atoms with Crippen LogP contribution in [0.25, 0.3) is 0 Å². The van der Waals surface area contributed by atoms with E-state index in [1.165, 1.54) is 12.8 Å². The van der Waals surface area contributed by atoms with Crippen LogP contribution in [0.15, 0.2) is 48.3 Å². The van der Waals surface area contributed by atoms with Crippen molar-refractivity contribution in [2.75, 3.05) is 0 Å². The van der Waals surface area contributed by atoms with Gasteiger partial charge in [-0.2, -0.15) is 0 Å². The summed E-state index contributed by atoms with van der Waals surface area (Å²) in [6.07, 6.45) is 22.9. The number of rotatable bonds is 14. The van der Waals surface area contributed by atoms with E-state index in [0.717, 1.165) is 44.9 Å². The zero-order valence-corrected chi connectivity index (χ0v) is 14.4. The van der Waals surface area contributed by atoms with Gasteiger partial charge in [0.1, 0.15) is 0 Å². The van der Waals surface area contributed by atoms with Gasteiger partial charge in [-0.15, -0.1) is 0 Å². The number of hydrogen-bond acceptors (Lipinski definition) is 2. The number of unbranched alkanes of at least 4 members (excludes halogenated alkanes) is 4. The number of aliphatic carboxylic acids is 1. The zero-order valence-electron chi connectivity index (χ0n) is 14.4. The summed E-state index contributed by atoms with van der Waals surface area (Å²) in [5.74, 6) is -0.214. The minimum absolute atomic E-state index is 0.261. The summed E-state index contributed by atoms with van der Waals surface area (Å²) in [5.41, 5.74) is 0. The predicted octanol–water partition coefficient (Wildman–Crippen LogP) is 6.10. The molecule has 0 atom stereocenters. The third kappa shape index (κ3) is 18.2. The van der Waals surface area contributed by atoms with E-state index in [9.17, 15) is 9.90 Å². The van der Waals surface area contributed by atoms with Gasteiger partial charge < -0.3 is 10.2 Å². The third-order valence-corrected chi connectivity index (χ3v) is 3.36. The fourth-order valence-electron chi connectivity index (χ4n) is 2.00. The molecule has 130 valence electrons. The van der Waals surface area contributed by atoms with Crippen LogP contribution in [0.4, 0.5) is 0 Å². The molecule has 0 amide bonds. The highest BCUT2D eigenvalue weighted by Gasteiger charge is 1.94. The maximum absolute atomic E-state index is 10.3. The van der Waals surface area contributed by atoms with E-state index in [-0.39, 0.29) is 6.42 Å². The first-order valence-electron chi connectivity index (χ1n) is 8.73. The monoisotopic (exact) mass is 320 g/mol. The van der Waals surface area contributed by atoms with Gasteiger partial charge in [0, 0.05) is 12.8 Å². The standard InChI is InChI=1S/C20H32O3/c1-2-3-13-16-19(21)17-14-11-9-7-5-4-6-8-10-12-15-18-20(22)23/h4-6,8-9,11,17,21H,2-3,7,10,12-16,18H2,1H3,(H,22,23)/b5-4+,8-6+,11-9+,19-17-. The van der Waals surface area contributed by atoms with Crippen LogP contribution in [0.1, 0.15) is 71.1 Å². The predicted molar refractivity (Wildman–Crippen MR) is 97.6 cm³/mol. The largest absolute Gasteiger partial charge is 0.513 e. The summed E-state index contributed by atoms with van der Waals surface area (Å²) in [6.45, 7) is 2.16. The van der Waals surface area contributed by atoms with Gasteiger partial charge in [-0.25, -0.2) is 0 Å². The molecule has 0 bridgehead atoms. The summed E-state index contributed by atoms with van der Waals surface area (Å²) in [5, 5.41) is 18.1. The van der Waals surface area contributed by atoms with Crippen molar-refractivity contribution >= 4 is 5.97 Å². The van der Waals surface area contributed by atoms with Crippen molar-refractivity contribution in [1.29, 1.82) is 0 Å². The minimum Gasteiger partial charge on any atom is -0.513 e. The van der Waals surface area contributed by atoms with Gasteiger partial charge >= 0.3 is 5.97 Å². The highest BCUT2D eigenvalue weighted by molar-refractivity contribution is 5.66. The highest BCUT2D eigenvalue weighted by Crippen LogP contribution is 2.07. The topological polar surface area (TPSA) is 57.5 Å². The molecule has 0 aromatic carbocycles. The molecule has 0 rings (SSSR count). The molecule has 0 aliphatic heterocycles. The van der Waals surface area contributed by atoms with Gasteiger partial charge in [0.2, 0.25) is 0 Å². The lowest BCUT2D eigenvalue weighted by atomic mass is 10.1. The number of carboxylic acids is 1. The van der Waals surface area contributed by atoms with Crippen LogP contribution < -0.4 is 0 Å². The van der Waals surface area contributed by atoms with Crippen molar-refractivity contribution < 1.29 is 15.0 Å². The molecule has 0 heterocycles. The van der Waals surface area contributed by atoms with Crippen molar-refractivity contribution in [2.45, 2.75) is 71.1 Å². The number of aliphatic hydroxyl groups is 1. The Morgan fingerprint density at radius 3 is 2.26 bits per heavy atom. The van der Waals surface area contributed by atoms with E-state index in [1.54, 1.807) is 0 Å². The molecule has 0 spiro atoms. The number of allylic oxidation sites excluding steroid dienone is 8. The first kappa shape index (κ1) is 21.2. The number of hydrogen-bond donors (Lipinski definition) is 2. The second kappa shape index (κ2) is 16.6. The molecule has 0 aromatic heterocycles. The summed E-state index contributed by atoms with van der Waals surface area (Å²) in [4.78, 5) is 10.3. The van der Waals surface area contributed by atoms with Gasteiger partial charge in [-0.3, -0.25) is 4.79 Å². The first-order chi connectivity index (χ1) is 11.2. The van der Waals surface area contributed by atoms with E-state index in [0.29, 0.717) is 5.76 Å². The Bertz CT molecular complexity index is 403. The smallest absolute Gasteiger partial charge is 0.303 e. The summed E-state index contributed by atoms with van der Waals surface area (Å²) < 4.78 is 0. The Balaban J connectivity index is 3.57. The Kier molecular flexibility index (Phi) is 15.3. The average molecular weight is 320 g/mol. The van der Waals surface area contributed by atoms with Gasteiger partial charge in [-0.1, -0.05) is 56.2 Å². The molecule has 0 fully saturated rings. The normalized spacial score (nSPS) is 12.8. The Labute approximate surface area is 141 Å². The fourth-order valence-corrected chi connectivity index (χ4v) is 2.00. The molecule has 0 aliphatic carbocycles. The second-order valence-electron chi connectivity index (χ2n) is 5.59. The van der Waals surface area contributed by atoms with Crippen molar-refractivity contribution in [3.63, 3.8) is 0 Å². The van der Waals surface area contributed by atoms with E-state index in [1.807, 2.05) is 18.2 Å². The van der Waals surface area contributed by atoms with E-state index >= 15 is 0 Å². The second-order valence-corrected chi connectivity index (χ2v) is 5.59. The van der Waals surface area contributed by atoms with Crippen molar-refractivity contribution in [3.8, 4) is 0 Å². The molecule has 0 unspecified atom stereocenters. The Morgan fingerprint density at radius 2 is 1.52 bits per heavy atom. The van der Waals surface area contributed by atoms with Crippen LogP contribution in [-0.4, -0.2) is 16.2 Å². The zero-order chi connectivity index (χ0) is 17.2. The molecule has 2 N–H and O–H groups in total. The van der Waals surface area contributed by atoms with Crippen molar-refractivity contribution in [1.82, 2.24) is 0 Å². The molecular formula is C20H32O3. The quantitative estimate of drug-likeness (QED) is 0.176. The fraction of sp³-hybridized carbons (Fsp3) is 0.550. The Hall–Kier alpha value is -1.77. The van der Waals surface area contributed by atoms with E-state index in [4.69, 9.17) is 5.11 Å². The van der Waals surface area contributed by atoms with Crippen LogP contribution >= 0.6 is 0 Å². The summed E-state index contributed by atoms with van der Waals surface area (Å²) in [7, 11) is 0. The first-order valence-corrected chi connectivity index (χ1v) is 8.73. The van der Waals surface area contributed by atoms with Crippen molar-refractivity contribution in [3.05, 3.63) is 48.3 Å². The molecule has 0 radical (unpaired) electrons. The average Bonchev–Trinajstić information content (AvgIpc) is 2.51. The summed E-state index contributed by atoms with van der Waals surface area (Å²) in [6, 6.07) is 0. The molecule has 3 nitrogen and oxygen atoms in total. The molecular weight excluding hydrogens is 288 g/mol. The van der Waals surface area contributed by atoms with Crippen LogP contribution in [0.3, 0.4) is 0 Å². The summed E-state index contributed by atoms with van der Waals surface area (Å²) >= 11 is 0. The molecule has 3 heteroatoms. The highest BCUT2D eigenvalue weighted by atomic mass is 16.4. The lowest BCUT2D eigenvalue weighted by Crippen LogP contribution is -1.92. The number of carbonyl (C=O) groups is 1. The van der Waals surface area contributed by atoms with E-state index < -0.39 is 5.97 Å². The van der Waals surface area contributed by atoms with Gasteiger partial charge in [0.05, 0.1) is 5.76 Å². The van der Waals surface area contributed by atoms with E-state index in [2.05, 4.69) is 31.2 Å². The van der Waals surface area contributed by atoms with Crippen molar-refractivity contribution in [2.24, 2.45) is 0 Å². The van der Waals surface area contributed by atoms with Gasteiger partial charge in [0.25, 0.3) is 0 Å². The van der Waals surface area contributed by atoms with Gasteiger partial charge in [-0.05, 0) is 44.6 Å². The number of aliphatic hydroxyl groups excluding tert-OH is 1. The maximum atomic E-state index is 10.3. The molecule has 0 aliphatic rings. The van der Waals surface area contributed by atoms with Crippen LogP contribution in [0.2, 0.25) is 0 Å². The molecule has 0 aromatic rings. The van der Waals surface area contributed by atoms with Crippen LogP contribution in [0.5, 0.6) is 0 Å². The third-order valence-electron chi connectivity index (χ3n) is 3.36. The lowest BCUT2D eigenvalue weighted by Gasteiger charge is -1.97. The minimum atomic E-state index is -0.718. The van der Waals surface area contributed by atoms with Gasteiger partial charge in [0.15, 0.2) is 0 Å². The number of carboxylic acid groups (broad SMARTS) is 1.